The molecule has 0 radical (unpaired) electrons. The van der Waals surface area contributed by atoms with Crippen molar-refractivity contribution in [1.29, 1.82) is 0 Å². The van der Waals surface area contributed by atoms with E-state index in [1.165, 1.54) is 18.2 Å². The highest BCUT2D eigenvalue weighted by Gasteiger charge is 2.17. The first-order valence-corrected chi connectivity index (χ1v) is 7.85. The number of hydrogen-bond donors (Lipinski definition) is 2. The summed E-state index contributed by atoms with van der Waals surface area (Å²) in [4.78, 5) is 2.53. The van der Waals surface area contributed by atoms with E-state index < -0.39 is 10.0 Å². The molecule has 0 unspecified atom stereocenters. The first-order valence-electron chi connectivity index (χ1n) is 6.36. The molecule has 21 heavy (non-hydrogen) atoms. The first kappa shape index (κ1) is 13.5. The van der Waals surface area contributed by atoms with Crippen LogP contribution in [0, 0.1) is 6.92 Å². The van der Waals surface area contributed by atoms with Gasteiger partial charge in [0.25, 0.3) is 10.0 Å². The number of para-hydroxylation sites is 1. The van der Waals surface area contributed by atoms with Crippen molar-refractivity contribution < 1.29 is 13.5 Å². The van der Waals surface area contributed by atoms with Gasteiger partial charge >= 0.3 is 0 Å². The molecule has 1 aromatic heterocycles. The second kappa shape index (κ2) is 4.82. The molecule has 0 saturated carbocycles. The zero-order valence-corrected chi connectivity index (χ0v) is 12.1. The van der Waals surface area contributed by atoms with Crippen molar-refractivity contribution in [2.24, 2.45) is 0 Å². The van der Waals surface area contributed by atoms with Crippen molar-refractivity contribution in [1.82, 2.24) is 4.68 Å². The van der Waals surface area contributed by atoms with Gasteiger partial charge in [-0.3, -0.25) is 0 Å². The molecule has 0 aliphatic rings. The fourth-order valence-electron chi connectivity index (χ4n) is 2.13. The molecule has 2 N–H and O–H groups in total. The number of benzene rings is 2. The van der Waals surface area contributed by atoms with Gasteiger partial charge in [0.05, 0.1) is 10.4 Å². The van der Waals surface area contributed by atoms with E-state index in [0.717, 1.165) is 15.6 Å². The van der Waals surface area contributed by atoms with Crippen LogP contribution in [-0.2, 0) is 10.0 Å². The Kier molecular flexibility index (Phi) is 3.10. The van der Waals surface area contributed by atoms with E-state index in [4.69, 9.17) is 0 Å². The number of aryl methyl sites for hydroxylation is 1. The molecule has 3 rings (SSSR count). The Balaban J connectivity index is 2.05. The number of aromatic hydroxyl groups is 1. The van der Waals surface area contributed by atoms with Crippen molar-refractivity contribution in [3.8, 4) is 5.88 Å². The Morgan fingerprint density at radius 1 is 1.05 bits per heavy atom. The fourth-order valence-corrected chi connectivity index (χ4v) is 3.16. The molecule has 0 aliphatic heterocycles. The summed E-state index contributed by atoms with van der Waals surface area (Å²) in [6.07, 6.45) is 0. The lowest BCUT2D eigenvalue weighted by molar-refractivity contribution is 0.439. The molecular formula is C15H14N2O3S. The Morgan fingerprint density at radius 3 is 2.43 bits per heavy atom. The van der Waals surface area contributed by atoms with Crippen LogP contribution in [0.15, 0.2) is 59.5 Å². The van der Waals surface area contributed by atoms with Gasteiger partial charge in [0, 0.05) is 11.5 Å². The van der Waals surface area contributed by atoms with E-state index in [1.54, 1.807) is 30.3 Å². The summed E-state index contributed by atoms with van der Waals surface area (Å²) >= 11 is 0. The highest BCUT2D eigenvalue weighted by atomic mass is 32.2. The van der Waals surface area contributed by atoms with Crippen molar-refractivity contribution in [2.75, 3.05) is 4.83 Å². The summed E-state index contributed by atoms with van der Waals surface area (Å²) in [5.74, 6) is -0.160. The van der Waals surface area contributed by atoms with Gasteiger partial charge in [0.15, 0.2) is 0 Å². The summed E-state index contributed by atoms with van der Waals surface area (Å²) in [5, 5.41) is 10.7. The zero-order chi connectivity index (χ0) is 15.0. The van der Waals surface area contributed by atoms with Gasteiger partial charge in [0.2, 0.25) is 5.88 Å². The molecule has 0 aliphatic carbocycles. The highest BCUT2D eigenvalue weighted by molar-refractivity contribution is 7.92. The maximum atomic E-state index is 12.4. The molecule has 0 amide bonds. The standard InChI is InChI=1S/C15H14N2O3S/c1-11-6-8-13(9-7-11)21(19,20)16-17-14-5-3-2-4-12(14)10-15(17)18/h2-10,16,18H,1H3. The Bertz CT molecular complexity index is 896. The summed E-state index contributed by atoms with van der Waals surface area (Å²) in [6, 6.07) is 15.1. The molecule has 3 aromatic rings. The summed E-state index contributed by atoms with van der Waals surface area (Å²) in [5.41, 5.74) is 1.56. The SMILES string of the molecule is Cc1ccc(S(=O)(=O)Nn2c(O)cc3ccccc32)cc1. The average molecular weight is 302 g/mol. The predicted molar refractivity (Wildman–Crippen MR) is 81.3 cm³/mol. The fraction of sp³-hybridized carbons (Fsp3) is 0.0667. The largest absolute Gasteiger partial charge is 0.493 e. The number of hydrogen-bond acceptors (Lipinski definition) is 3. The van der Waals surface area contributed by atoms with Crippen molar-refractivity contribution >= 4 is 20.9 Å². The summed E-state index contributed by atoms with van der Waals surface area (Å²) in [6.45, 7) is 1.88. The molecule has 0 saturated heterocycles. The number of fused-ring (bicyclic) bond motifs is 1. The van der Waals surface area contributed by atoms with E-state index in [1.807, 2.05) is 13.0 Å². The smallest absolute Gasteiger partial charge is 0.275 e. The minimum atomic E-state index is -3.76. The van der Waals surface area contributed by atoms with E-state index in [2.05, 4.69) is 4.83 Å². The second-order valence-electron chi connectivity index (χ2n) is 4.80. The highest BCUT2D eigenvalue weighted by Crippen LogP contribution is 2.24. The molecule has 0 atom stereocenters. The van der Waals surface area contributed by atoms with Crippen LogP contribution in [0.25, 0.3) is 10.9 Å². The van der Waals surface area contributed by atoms with Crippen LogP contribution in [0.2, 0.25) is 0 Å². The average Bonchev–Trinajstić information content (AvgIpc) is 2.75. The molecular weight excluding hydrogens is 288 g/mol. The molecule has 2 aromatic carbocycles. The predicted octanol–water partition coefficient (Wildman–Crippen LogP) is 2.59. The van der Waals surface area contributed by atoms with E-state index in [9.17, 15) is 13.5 Å². The quantitative estimate of drug-likeness (QED) is 0.781. The van der Waals surface area contributed by atoms with Crippen LogP contribution >= 0.6 is 0 Å². The van der Waals surface area contributed by atoms with Gasteiger partial charge in [-0.25, -0.2) is 9.51 Å². The van der Waals surface area contributed by atoms with Crippen molar-refractivity contribution in [3.05, 3.63) is 60.2 Å². The summed E-state index contributed by atoms with van der Waals surface area (Å²) in [7, 11) is -3.76. The van der Waals surface area contributed by atoms with Gasteiger partial charge in [-0.15, -0.1) is 0 Å². The summed E-state index contributed by atoms with van der Waals surface area (Å²) < 4.78 is 25.9. The van der Waals surface area contributed by atoms with Crippen molar-refractivity contribution in [3.63, 3.8) is 0 Å². The number of rotatable bonds is 3. The number of sulfonamides is 1. The third kappa shape index (κ3) is 2.45. The normalized spacial score (nSPS) is 11.7. The monoisotopic (exact) mass is 302 g/mol. The molecule has 0 fully saturated rings. The zero-order valence-electron chi connectivity index (χ0n) is 11.3. The third-order valence-corrected chi connectivity index (χ3v) is 4.55. The van der Waals surface area contributed by atoms with Gasteiger partial charge in [0.1, 0.15) is 0 Å². The van der Waals surface area contributed by atoms with Gasteiger partial charge in [-0.05, 0) is 25.1 Å². The van der Waals surface area contributed by atoms with Crippen molar-refractivity contribution in [2.45, 2.75) is 11.8 Å². The number of nitrogens with one attached hydrogen (secondary N) is 1. The molecule has 1 heterocycles. The van der Waals surface area contributed by atoms with E-state index in [0.29, 0.717) is 5.52 Å². The van der Waals surface area contributed by atoms with Crippen LogP contribution in [0.4, 0.5) is 0 Å². The Labute approximate surface area is 122 Å². The van der Waals surface area contributed by atoms with E-state index >= 15 is 0 Å². The minimum Gasteiger partial charge on any atom is -0.493 e. The van der Waals surface area contributed by atoms with Gasteiger partial charge in [-0.1, -0.05) is 35.9 Å². The lowest BCUT2D eigenvalue weighted by Gasteiger charge is -2.11. The van der Waals surface area contributed by atoms with Crippen LogP contribution < -0.4 is 4.83 Å². The molecule has 0 spiro atoms. The maximum absolute atomic E-state index is 12.4. The lowest BCUT2D eigenvalue weighted by Crippen LogP contribution is -2.22. The molecule has 5 nitrogen and oxygen atoms in total. The molecule has 0 bridgehead atoms. The Hall–Kier alpha value is -2.47. The van der Waals surface area contributed by atoms with Gasteiger partial charge in [-0.2, -0.15) is 8.42 Å². The second-order valence-corrected chi connectivity index (χ2v) is 6.47. The Morgan fingerprint density at radius 2 is 1.71 bits per heavy atom. The van der Waals surface area contributed by atoms with Crippen LogP contribution in [0.3, 0.4) is 0 Å². The van der Waals surface area contributed by atoms with Gasteiger partial charge < -0.3 is 5.11 Å². The molecule has 6 heteroatoms. The number of nitrogens with zero attached hydrogens (tertiary/aromatic N) is 1. The van der Waals surface area contributed by atoms with E-state index in [-0.39, 0.29) is 10.8 Å². The molecule has 108 valence electrons. The maximum Gasteiger partial charge on any atom is 0.275 e. The number of aromatic nitrogens is 1. The van der Waals surface area contributed by atoms with Crippen LogP contribution in [0.5, 0.6) is 5.88 Å². The topological polar surface area (TPSA) is 71.3 Å². The third-order valence-electron chi connectivity index (χ3n) is 3.23. The van der Waals surface area contributed by atoms with Crippen LogP contribution in [0.1, 0.15) is 5.56 Å². The first-order chi connectivity index (χ1) is 9.97. The van der Waals surface area contributed by atoms with Crippen LogP contribution in [-0.4, -0.2) is 18.2 Å². The minimum absolute atomic E-state index is 0.144. The lowest BCUT2D eigenvalue weighted by atomic mass is 10.2.